The lowest BCUT2D eigenvalue weighted by Gasteiger charge is -2.32. The predicted molar refractivity (Wildman–Crippen MR) is 111 cm³/mol. The fourth-order valence-electron chi connectivity index (χ4n) is 3.48. The Kier molecular flexibility index (Phi) is 6.36. The molecule has 1 saturated heterocycles. The molecule has 7 heteroatoms. The number of piperidine rings is 1. The van der Waals surface area contributed by atoms with Gasteiger partial charge in [0, 0.05) is 18.8 Å². The number of nitrogens with one attached hydrogen (secondary N) is 1. The maximum Gasteiger partial charge on any atom is 0.321 e. The number of aryl methyl sites for hydroxylation is 2. The number of primary sulfonamides is 1. The highest BCUT2D eigenvalue weighted by atomic mass is 32.2. The third kappa shape index (κ3) is 5.56. The Morgan fingerprint density at radius 1 is 1.07 bits per heavy atom. The minimum atomic E-state index is -3.73. The van der Waals surface area contributed by atoms with Gasteiger partial charge in [-0.05, 0) is 68.4 Å². The van der Waals surface area contributed by atoms with Gasteiger partial charge in [0.15, 0.2) is 0 Å². The minimum absolute atomic E-state index is 0.0277. The number of hydrogen-bond acceptors (Lipinski definition) is 3. The number of benzene rings is 2. The number of nitrogens with zero attached hydrogens (tertiary/aromatic N) is 1. The molecule has 2 amide bonds. The Labute approximate surface area is 166 Å². The summed E-state index contributed by atoms with van der Waals surface area (Å²) in [6, 6.07) is 14.4. The van der Waals surface area contributed by atoms with Crippen LogP contribution < -0.4 is 10.5 Å². The van der Waals surface area contributed by atoms with E-state index in [0.717, 1.165) is 38.8 Å². The van der Waals surface area contributed by atoms with E-state index in [1.54, 1.807) is 12.1 Å². The molecule has 1 aliphatic heterocycles. The Bertz CT molecular complexity index is 901. The van der Waals surface area contributed by atoms with Gasteiger partial charge in [0.25, 0.3) is 0 Å². The molecule has 3 rings (SSSR count). The van der Waals surface area contributed by atoms with E-state index in [4.69, 9.17) is 5.14 Å². The number of amides is 2. The van der Waals surface area contributed by atoms with Gasteiger partial charge in [-0.3, -0.25) is 0 Å². The second-order valence-electron chi connectivity index (χ2n) is 7.45. The van der Waals surface area contributed by atoms with Gasteiger partial charge in [0.2, 0.25) is 10.0 Å². The summed E-state index contributed by atoms with van der Waals surface area (Å²) in [5.74, 6) is 0.638. The molecule has 1 fully saturated rings. The lowest BCUT2D eigenvalue weighted by atomic mass is 9.90. The van der Waals surface area contributed by atoms with Crippen molar-refractivity contribution >= 4 is 21.7 Å². The summed E-state index contributed by atoms with van der Waals surface area (Å²) in [4.78, 5) is 14.3. The quantitative estimate of drug-likeness (QED) is 0.803. The van der Waals surface area contributed by atoms with Crippen LogP contribution in [-0.4, -0.2) is 32.4 Å². The molecule has 3 N–H and O–H groups in total. The van der Waals surface area contributed by atoms with E-state index >= 15 is 0 Å². The lowest BCUT2D eigenvalue weighted by Crippen LogP contribution is -2.41. The van der Waals surface area contributed by atoms with Crippen LogP contribution in [0.2, 0.25) is 0 Å². The van der Waals surface area contributed by atoms with E-state index in [-0.39, 0.29) is 10.9 Å². The van der Waals surface area contributed by atoms with Crippen molar-refractivity contribution in [2.75, 3.05) is 18.4 Å². The number of urea groups is 1. The molecule has 1 heterocycles. The number of sulfonamides is 1. The first-order chi connectivity index (χ1) is 13.3. The molecule has 0 radical (unpaired) electrons. The summed E-state index contributed by atoms with van der Waals surface area (Å²) in [5.41, 5.74) is 3.20. The van der Waals surface area contributed by atoms with Crippen molar-refractivity contribution in [3.05, 3.63) is 59.7 Å². The molecule has 0 saturated carbocycles. The fourth-order valence-corrected chi connectivity index (χ4v) is 4.00. The van der Waals surface area contributed by atoms with Crippen LogP contribution in [0.5, 0.6) is 0 Å². The van der Waals surface area contributed by atoms with Gasteiger partial charge < -0.3 is 10.2 Å². The predicted octanol–water partition coefficient (Wildman–Crippen LogP) is 3.52. The molecule has 6 nitrogen and oxygen atoms in total. The lowest BCUT2D eigenvalue weighted by molar-refractivity contribution is 0.180. The average molecular weight is 402 g/mol. The van der Waals surface area contributed by atoms with E-state index in [9.17, 15) is 13.2 Å². The summed E-state index contributed by atoms with van der Waals surface area (Å²) < 4.78 is 22.6. The van der Waals surface area contributed by atoms with Gasteiger partial charge in [-0.25, -0.2) is 18.4 Å². The molecule has 1 aliphatic rings. The van der Waals surface area contributed by atoms with Gasteiger partial charge >= 0.3 is 6.03 Å². The van der Waals surface area contributed by atoms with Gasteiger partial charge in [0.05, 0.1) is 4.90 Å². The number of likely N-dealkylation sites (tertiary alicyclic amines) is 1. The Morgan fingerprint density at radius 3 is 2.25 bits per heavy atom. The van der Waals surface area contributed by atoms with Crippen LogP contribution in [0.1, 0.15) is 30.4 Å². The normalized spacial score (nSPS) is 15.4. The largest absolute Gasteiger partial charge is 0.325 e. The monoisotopic (exact) mass is 401 g/mol. The highest BCUT2D eigenvalue weighted by Gasteiger charge is 2.22. The fraction of sp³-hybridized carbons (Fsp3) is 0.381. The van der Waals surface area contributed by atoms with Crippen molar-refractivity contribution in [1.82, 2.24) is 4.90 Å². The van der Waals surface area contributed by atoms with Gasteiger partial charge in [-0.15, -0.1) is 0 Å². The Morgan fingerprint density at radius 2 is 1.68 bits per heavy atom. The second-order valence-corrected chi connectivity index (χ2v) is 9.02. The molecule has 28 heavy (non-hydrogen) atoms. The molecule has 0 bridgehead atoms. The SMILES string of the molecule is Cc1ccc(CCC2CCN(C(=O)Nc3ccc(S(N)(=O)=O)cc3)CC2)cc1. The van der Waals surface area contributed by atoms with E-state index < -0.39 is 10.0 Å². The Hall–Kier alpha value is -2.38. The summed E-state index contributed by atoms with van der Waals surface area (Å²) in [5, 5.41) is 7.90. The molecule has 0 aromatic heterocycles. The van der Waals surface area contributed by atoms with E-state index in [0.29, 0.717) is 11.6 Å². The first kappa shape index (κ1) is 20.4. The maximum absolute atomic E-state index is 12.4. The highest BCUT2D eigenvalue weighted by molar-refractivity contribution is 7.89. The number of carbonyl (C=O) groups excluding carboxylic acids is 1. The minimum Gasteiger partial charge on any atom is -0.325 e. The summed E-state index contributed by atoms with van der Waals surface area (Å²) in [6.07, 6.45) is 4.23. The molecule has 0 unspecified atom stereocenters. The third-order valence-electron chi connectivity index (χ3n) is 5.30. The van der Waals surface area contributed by atoms with Crippen LogP contribution in [0.3, 0.4) is 0 Å². The van der Waals surface area contributed by atoms with Crippen LogP contribution in [0.15, 0.2) is 53.4 Å². The van der Waals surface area contributed by atoms with Crippen molar-refractivity contribution in [3.63, 3.8) is 0 Å². The third-order valence-corrected chi connectivity index (χ3v) is 6.23. The molecular weight excluding hydrogens is 374 g/mol. The highest BCUT2D eigenvalue weighted by Crippen LogP contribution is 2.23. The number of rotatable bonds is 5. The van der Waals surface area contributed by atoms with Crippen molar-refractivity contribution < 1.29 is 13.2 Å². The van der Waals surface area contributed by atoms with Crippen molar-refractivity contribution in [2.45, 2.75) is 37.5 Å². The van der Waals surface area contributed by atoms with Crippen molar-refractivity contribution in [2.24, 2.45) is 11.1 Å². The number of hydrogen-bond donors (Lipinski definition) is 2. The summed E-state index contributed by atoms with van der Waals surface area (Å²) in [7, 11) is -3.73. The first-order valence-corrected chi connectivity index (χ1v) is 11.1. The average Bonchev–Trinajstić information content (AvgIpc) is 2.67. The molecule has 2 aromatic rings. The molecule has 2 aromatic carbocycles. The van der Waals surface area contributed by atoms with Crippen LogP contribution >= 0.6 is 0 Å². The van der Waals surface area contributed by atoms with Gasteiger partial charge in [-0.2, -0.15) is 0 Å². The van der Waals surface area contributed by atoms with E-state index in [1.807, 2.05) is 4.90 Å². The zero-order valence-electron chi connectivity index (χ0n) is 16.1. The summed E-state index contributed by atoms with van der Waals surface area (Å²) >= 11 is 0. The smallest absolute Gasteiger partial charge is 0.321 e. The topological polar surface area (TPSA) is 92.5 Å². The van der Waals surface area contributed by atoms with Crippen LogP contribution in [0.4, 0.5) is 10.5 Å². The summed E-state index contributed by atoms with van der Waals surface area (Å²) in [6.45, 7) is 3.57. The zero-order chi connectivity index (χ0) is 20.1. The van der Waals surface area contributed by atoms with Gasteiger partial charge in [0.1, 0.15) is 0 Å². The number of anilines is 1. The molecule has 0 spiro atoms. The number of carbonyl (C=O) groups is 1. The van der Waals surface area contributed by atoms with Crippen molar-refractivity contribution in [3.8, 4) is 0 Å². The molecule has 0 aliphatic carbocycles. The van der Waals surface area contributed by atoms with Crippen LogP contribution in [-0.2, 0) is 16.4 Å². The Balaban J connectivity index is 1.45. The van der Waals surface area contributed by atoms with Gasteiger partial charge in [-0.1, -0.05) is 29.8 Å². The van der Waals surface area contributed by atoms with E-state index in [2.05, 4.69) is 36.5 Å². The van der Waals surface area contributed by atoms with Crippen molar-refractivity contribution in [1.29, 1.82) is 0 Å². The van der Waals surface area contributed by atoms with Crippen LogP contribution in [0.25, 0.3) is 0 Å². The first-order valence-electron chi connectivity index (χ1n) is 9.55. The van der Waals surface area contributed by atoms with Crippen LogP contribution in [0, 0.1) is 12.8 Å². The zero-order valence-corrected chi connectivity index (χ0v) is 16.9. The standard InChI is InChI=1S/C21H27N3O3S/c1-16-2-4-17(5-3-16)6-7-18-12-14-24(15-13-18)21(25)23-19-8-10-20(11-9-19)28(22,26)27/h2-5,8-11,18H,6-7,12-15H2,1H3,(H,23,25)(H2,22,26,27). The molecule has 0 atom stereocenters. The maximum atomic E-state index is 12.4. The molecule has 150 valence electrons. The second kappa shape index (κ2) is 8.75. The number of nitrogens with two attached hydrogens (primary N) is 1. The van der Waals surface area contributed by atoms with E-state index in [1.165, 1.54) is 23.3 Å². The molecular formula is C21H27N3O3S.